The summed E-state index contributed by atoms with van der Waals surface area (Å²) in [5.41, 5.74) is 1.49. The van der Waals surface area contributed by atoms with Crippen molar-refractivity contribution in [3.63, 3.8) is 0 Å². The molecule has 0 N–H and O–H groups in total. The average molecular weight is 303 g/mol. The predicted octanol–water partition coefficient (Wildman–Crippen LogP) is 6.61. The Bertz CT molecular complexity index is 445. The molecular formula is C20H27Cl. The van der Waals surface area contributed by atoms with Crippen LogP contribution in [0.3, 0.4) is 0 Å². The number of benzene rings is 1. The van der Waals surface area contributed by atoms with Crippen molar-refractivity contribution in [1.29, 1.82) is 0 Å². The van der Waals surface area contributed by atoms with Gasteiger partial charge in [0.15, 0.2) is 0 Å². The van der Waals surface area contributed by atoms with Gasteiger partial charge < -0.3 is 0 Å². The van der Waals surface area contributed by atoms with Crippen LogP contribution in [0.2, 0.25) is 5.02 Å². The minimum atomic E-state index is 0.767. The Morgan fingerprint density at radius 2 is 1.33 bits per heavy atom. The molecule has 21 heavy (non-hydrogen) atoms. The lowest BCUT2D eigenvalue weighted by molar-refractivity contribution is 0.171. The lowest BCUT2D eigenvalue weighted by atomic mass is 9.68. The Labute approximate surface area is 134 Å². The van der Waals surface area contributed by atoms with Gasteiger partial charge in [0.25, 0.3) is 0 Å². The molecule has 1 aromatic carbocycles. The van der Waals surface area contributed by atoms with E-state index in [0.29, 0.717) is 0 Å². The summed E-state index contributed by atoms with van der Waals surface area (Å²) < 4.78 is 0. The van der Waals surface area contributed by atoms with Crippen molar-refractivity contribution in [2.24, 2.45) is 17.8 Å². The van der Waals surface area contributed by atoms with Crippen molar-refractivity contribution in [2.75, 3.05) is 0 Å². The fraction of sp³-hybridized carbons (Fsp3) is 0.600. The van der Waals surface area contributed by atoms with E-state index in [0.717, 1.165) is 28.7 Å². The molecule has 2 saturated carbocycles. The van der Waals surface area contributed by atoms with Crippen LogP contribution in [0.4, 0.5) is 0 Å². The molecule has 0 radical (unpaired) electrons. The first-order valence-corrected chi connectivity index (χ1v) is 9.02. The summed E-state index contributed by atoms with van der Waals surface area (Å²) in [5.74, 6) is 3.54. The van der Waals surface area contributed by atoms with Crippen molar-refractivity contribution >= 4 is 11.6 Å². The first-order valence-electron chi connectivity index (χ1n) is 8.64. The summed E-state index contributed by atoms with van der Waals surface area (Å²) in [4.78, 5) is 0. The second-order valence-corrected chi connectivity index (χ2v) is 7.51. The van der Waals surface area contributed by atoms with Crippen molar-refractivity contribution < 1.29 is 0 Å². The monoisotopic (exact) mass is 302 g/mol. The molecular weight excluding hydrogens is 276 g/mol. The summed E-state index contributed by atoms with van der Waals surface area (Å²) in [6.07, 6.45) is 13.4. The zero-order chi connectivity index (χ0) is 14.7. The van der Waals surface area contributed by atoms with Crippen molar-refractivity contribution in [3.05, 3.63) is 47.5 Å². The van der Waals surface area contributed by atoms with E-state index < -0.39 is 0 Å². The van der Waals surface area contributed by atoms with E-state index in [1.165, 1.54) is 56.9 Å². The maximum Gasteiger partial charge on any atom is 0.0406 e. The van der Waals surface area contributed by atoms with Gasteiger partial charge in [-0.15, -0.1) is 6.58 Å². The molecule has 0 heterocycles. The third kappa shape index (κ3) is 3.72. The highest BCUT2D eigenvalue weighted by Crippen LogP contribution is 2.44. The Balaban J connectivity index is 1.51. The molecule has 0 aromatic heterocycles. The van der Waals surface area contributed by atoms with Gasteiger partial charge in [-0.25, -0.2) is 0 Å². The molecule has 2 aliphatic carbocycles. The summed E-state index contributed by atoms with van der Waals surface area (Å²) >= 11 is 5.99. The third-order valence-electron chi connectivity index (χ3n) is 5.93. The lowest BCUT2D eigenvalue weighted by Gasteiger charge is -2.37. The lowest BCUT2D eigenvalue weighted by Crippen LogP contribution is -2.25. The van der Waals surface area contributed by atoms with Crippen LogP contribution in [0.1, 0.15) is 62.8 Å². The van der Waals surface area contributed by atoms with Gasteiger partial charge in [0.1, 0.15) is 0 Å². The highest BCUT2D eigenvalue weighted by atomic mass is 35.5. The van der Waals surface area contributed by atoms with Gasteiger partial charge in [-0.05, 0) is 92.7 Å². The normalized spacial score (nSPS) is 33.6. The van der Waals surface area contributed by atoms with Gasteiger partial charge >= 0.3 is 0 Å². The molecule has 0 aliphatic heterocycles. The maximum atomic E-state index is 5.99. The summed E-state index contributed by atoms with van der Waals surface area (Å²) in [7, 11) is 0. The quantitative estimate of drug-likeness (QED) is 0.551. The van der Waals surface area contributed by atoms with Crippen LogP contribution in [0, 0.1) is 17.8 Å². The fourth-order valence-corrected chi connectivity index (χ4v) is 4.64. The van der Waals surface area contributed by atoms with Gasteiger partial charge in [0.05, 0.1) is 0 Å². The summed E-state index contributed by atoms with van der Waals surface area (Å²) in [5, 5.41) is 0.853. The standard InChI is InChI=1S/C20H27Cl/c1-2-15-3-5-16(6-4-15)17-7-9-18(10-8-17)19-11-13-20(21)14-12-19/h2,11-18H,1,3-10H2. The van der Waals surface area contributed by atoms with Crippen molar-refractivity contribution in [1.82, 2.24) is 0 Å². The average Bonchev–Trinajstić information content (AvgIpc) is 2.56. The van der Waals surface area contributed by atoms with Crippen LogP contribution in [0.5, 0.6) is 0 Å². The molecule has 0 atom stereocenters. The van der Waals surface area contributed by atoms with E-state index in [1.807, 2.05) is 12.1 Å². The Morgan fingerprint density at radius 3 is 1.86 bits per heavy atom. The first kappa shape index (κ1) is 15.2. The zero-order valence-electron chi connectivity index (χ0n) is 12.9. The zero-order valence-corrected chi connectivity index (χ0v) is 13.7. The Morgan fingerprint density at radius 1 is 0.810 bits per heavy atom. The third-order valence-corrected chi connectivity index (χ3v) is 6.18. The molecule has 0 unspecified atom stereocenters. The topological polar surface area (TPSA) is 0 Å². The predicted molar refractivity (Wildman–Crippen MR) is 91.8 cm³/mol. The van der Waals surface area contributed by atoms with E-state index in [4.69, 9.17) is 11.6 Å². The summed E-state index contributed by atoms with van der Waals surface area (Å²) in [6.45, 7) is 3.96. The minimum Gasteiger partial charge on any atom is -0.103 e. The van der Waals surface area contributed by atoms with Crippen LogP contribution in [-0.2, 0) is 0 Å². The fourth-order valence-electron chi connectivity index (χ4n) is 4.51. The second-order valence-electron chi connectivity index (χ2n) is 7.07. The van der Waals surface area contributed by atoms with Gasteiger partial charge in [-0.1, -0.05) is 29.8 Å². The molecule has 2 fully saturated rings. The molecule has 0 spiro atoms. The van der Waals surface area contributed by atoms with Gasteiger partial charge in [-0.2, -0.15) is 0 Å². The number of hydrogen-bond acceptors (Lipinski definition) is 0. The molecule has 2 aliphatic rings. The molecule has 3 rings (SSSR count). The number of halogens is 1. The molecule has 114 valence electrons. The highest BCUT2D eigenvalue weighted by Gasteiger charge is 2.30. The van der Waals surface area contributed by atoms with Crippen LogP contribution < -0.4 is 0 Å². The van der Waals surface area contributed by atoms with E-state index in [1.54, 1.807) is 0 Å². The van der Waals surface area contributed by atoms with Crippen LogP contribution in [-0.4, -0.2) is 0 Å². The van der Waals surface area contributed by atoms with Crippen LogP contribution >= 0.6 is 11.6 Å². The molecule has 0 nitrogen and oxygen atoms in total. The van der Waals surface area contributed by atoms with Crippen LogP contribution in [0.25, 0.3) is 0 Å². The second kappa shape index (κ2) is 7.01. The van der Waals surface area contributed by atoms with E-state index in [-0.39, 0.29) is 0 Å². The van der Waals surface area contributed by atoms with Crippen LogP contribution in [0.15, 0.2) is 36.9 Å². The van der Waals surface area contributed by atoms with Crippen molar-refractivity contribution in [3.8, 4) is 0 Å². The highest BCUT2D eigenvalue weighted by molar-refractivity contribution is 6.30. The van der Waals surface area contributed by atoms with E-state index in [2.05, 4.69) is 24.8 Å². The van der Waals surface area contributed by atoms with E-state index >= 15 is 0 Å². The molecule has 1 heteroatoms. The Kier molecular flexibility index (Phi) is 5.06. The molecule has 0 bridgehead atoms. The Hall–Kier alpha value is -0.750. The van der Waals surface area contributed by atoms with Gasteiger partial charge in [0, 0.05) is 5.02 Å². The first-order chi connectivity index (χ1) is 10.3. The molecule has 1 aromatic rings. The summed E-state index contributed by atoms with van der Waals surface area (Å²) in [6, 6.07) is 8.53. The number of hydrogen-bond donors (Lipinski definition) is 0. The molecule has 0 saturated heterocycles. The van der Waals surface area contributed by atoms with Gasteiger partial charge in [-0.3, -0.25) is 0 Å². The largest absolute Gasteiger partial charge is 0.103 e. The molecule has 0 amide bonds. The number of allylic oxidation sites excluding steroid dienone is 1. The SMILES string of the molecule is C=CC1CCC(C2CCC(c3ccc(Cl)cc3)CC2)CC1. The number of rotatable bonds is 3. The van der Waals surface area contributed by atoms with Gasteiger partial charge in [0.2, 0.25) is 0 Å². The maximum absolute atomic E-state index is 5.99. The smallest absolute Gasteiger partial charge is 0.0406 e. The van der Waals surface area contributed by atoms with Crippen molar-refractivity contribution in [2.45, 2.75) is 57.3 Å². The minimum absolute atomic E-state index is 0.767. The van der Waals surface area contributed by atoms with E-state index in [9.17, 15) is 0 Å².